The minimum atomic E-state index is -2.01. The molecule has 0 saturated heterocycles. The van der Waals surface area contributed by atoms with E-state index in [1.807, 2.05) is 0 Å². The summed E-state index contributed by atoms with van der Waals surface area (Å²) in [7, 11) is -2.01. The number of halogens is 1. The smallest absolute Gasteiger partial charge is 0.144 e. The Morgan fingerprint density at radius 3 is 1.20 bits per heavy atom. The third-order valence-electron chi connectivity index (χ3n) is 5.55. The average molecular weight is 469 g/mol. The van der Waals surface area contributed by atoms with E-state index >= 15 is 0 Å². The molecule has 0 spiro atoms. The second-order valence-corrected chi connectivity index (χ2v) is 10.6. The van der Waals surface area contributed by atoms with Gasteiger partial charge in [-0.05, 0) is 59.3 Å². The lowest BCUT2D eigenvalue weighted by Gasteiger charge is -2.27. The van der Waals surface area contributed by atoms with Crippen molar-refractivity contribution in [3.8, 4) is 0 Å². The van der Waals surface area contributed by atoms with Gasteiger partial charge in [0.25, 0.3) is 0 Å². The number of benzene rings is 5. The summed E-state index contributed by atoms with van der Waals surface area (Å²) in [5.41, 5.74) is 0. The Balaban J connectivity index is 0.00000218. The van der Waals surface area contributed by atoms with Crippen molar-refractivity contribution in [1.82, 2.24) is 0 Å². The van der Waals surface area contributed by atoms with Crippen LogP contribution in [-0.2, 0) is 0 Å². The largest absolute Gasteiger partial charge is 1.00 e. The summed E-state index contributed by atoms with van der Waals surface area (Å²) in [4.78, 5) is 0. The highest BCUT2D eigenvalue weighted by Crippen LogP contribution is 2.54. The highest BCUT2D eigenvalue weighted by atomic mass is 79.9. The van der Waals surface area contributed by atoms with Crippen molar-refractivity contribution in [3.63, 3.8) is 0 Å². The second-order valence-electron chi connectivity index (χ2n) is 7.21. The fourth-order valence-corrected chi connectivity index (χ4v) is 8.51. The van der Waals surface area contributed by atoms with Gasteiger partial charge >= 0.3 is 0 Å². The molecular weight excluding hydrogens is 447 g/mol. The summed E-state index contributed by atoms with van der Waals surface area (Å²) in [5, 5.41) is 8.11. The first-order valence-corrected chi connectivity index (χ1v) is 11.7. The molecule has 0 aliphatic rings. The van der Waals surface area contributed by atoms with Crippen molar-refractivity contribution in [2.45, 2.75) is 0 Å². The van der Waals surface area contributed by atoms with Crippen LogP contribution in [0.15, 0.2) is 133 Å². The van der Waals surface area contributed by atoms with Gasteiger partial charge in [-0.1, -0.05) is 84.9 Å². The summed E-state index contributed by atoms with van der Waals surface area (Å²) in [6.07, 6.45) is 0. The molecule has 0 nitrogen and oxygen atoms in total. The molecule has 0 aromatic heterocycles. The van der Waals surface area contributed by atoms with Gasteiger partial charge in [-0.3, -0.25) is 0 Å². The molecule has 0 heterocycles. The quantitative estimate of drug-likeness (QED) is 0.355. The van der Waals surface area contributed by atoms with Gasteiger partial charge in [-0.15, -0.1) is 0 Å². The van der Waals surface area contributed by atoms with Crippen LogP contribution < -0.4 is 38.2 Å². The zero-order chi connectivity index (χ0) is 19.5. The molecule has 5 aromatic rings. The maximum Gasteiger partial charge on any atom is 0.144 e. The van der Waals surface area contributed by atoms with E-state index in [0.717, 1.165) is 0 Å². The highest BCUT2D eigenvalue weighted by molar-refractivity contribution is 8.01. The van der Waals surface area contributed by atoms with E-state index in [1.54, 1.807) is 0 Å². The third kappa shape index (κ3) is 3.49. The van der Waals surface area contributed by atoms with E-state index in [4.69, 9.17) is 0 Å². The molecule has 0 bridgehead atoms. The molecule has 0 unspecified atom stereocenters. The molecule has 0 aliphatic carbocycles. The lowest BCUT2D eigenvalue weighted by Crippen LogP contribution is -3.00. The standard InChI is InChI=1S/C28H22P.BrH/c1-4-14-25(15-5-1)29(26-16-6-2-7-17-26,27-18-8-3-9-19-27)28-21-20-23-12-10-11-13-24(23)22-28;/h1-22H;1H/q+1;/p-1. The van der Waals surface area contributed by atoms with Crippen molar-refractivity contribution in [1.29, 1.82) is 0 Å². The van der Waals surface area contributed by atoms with Crippen molar-refractivity contribution >= 4 is 39.3 Å². The molecule has 0 aliphatic heterocycles. The number of hydrogen-bond acceptors (Lipinski definition) is 0. The van der Waals surface area contributed by atoms with E-state index in [-0.39, 0.29) is 17.0 Å². The van der Waals surface area contributed by atoms with Gasteiger partial charge < -0.3 is 17.0 Å². The molecule has 0 radical (unpaired) electrons. The Morgan fingerprint density at radius 2 is 0.733 bits per heavy atom. The Labute approximate surface area is 189 Å². The fraction of sp³-hybridized carbons (Fsp3) is 0. The highest BCUT2D eigenvalue weighted by Gasteiger charge is 2.47. The Morgan fingerprint density at radius 1 is 0.333 bits per heavy atom. The molecule has 146 valence electrons. The van der Waals surface area contributed by atoms with Crippen LogP contribution in [0.4, 0.5) is 0 Å². The summed E-state index contributed by atoms with van der Waals surface area (Å²) in [6.45, 7) is 0. The topological polar surface area (TPSA) is 0 Å². The van der Waals surface area contributed by atoms with E-state index in [1.165, 1.54) is 32.0 Å². The Hall–Kier alpha value is -2.73. The predicted molar refractivity (Wildman–Crippen MR) is 129 cm³/mol. The zero-order valence-electron chi connectivity index (χ0n) is 16.5. The van der Waals surface area contributed by atoms with Crippen LogP contribution in [0.3, 0.4) is 0 Å². The van der Waals surface area contributed by atoms with Crippen LogP contribution in [0.1, 0.15) is 0 Å². The summed E-state index contributed by atoms with van der Waals surface area (Å²) in [6, 6.07) is 48.7. The maximum absolute atomic E-state index is 2.40. The van der Waals surface area contributed by atoms with Gasteiger partial charge in [0.05, 0.1) is 0 Å². The first-order chi connectivity index (χ1) is 14.4. The molecule has 5 aromatic carbocycles. The summed E-state index contributed by atoms with van der Waals surface area (Å²) < 4.78 is 0. The molecule has 5 rings (SSSR count). The number of hydrogen-bond donors (Lipinski definition) is 0. The molecule has 30 heavy (non-hydrogen) atoms. The Kier molecular flexibility index (Phi) is 6.13. The van der Waals surface area contributed by atoms with Gasteiger partial charge in [0.2, 0.25) is 0 Å². The van der Waals surface area contributed by atoms with Gasteiger partial charge in [-0.25, -0.2) is 0 Å². The molecule has 0 N–H and O–H groups in total. The Bertz CT molecular complexity index is 1140. The van der Waals surface area contributed by atoms with Gasteiger partial charge in [0.15, 0.2) is 0 Å². The lowest BCUT2D eigenvalue weighted by molar-refractivity contribution is -0.00000543. The molecule has 0 atom stereocenters. The van der Waals surface area contributed by atoms with Crippen molar-refractivity contribution in [2.24, 2.45) is 0 Å². The SMILES string of the molecule is [Br-].c1ccc([P+](c2ccccc2)(c2ccccc2)c2ccc3ccccc3c2)cc1. The third-order valence-corrected chi connectivity index (χ3v) is 9.82. The average Bonchev–Trinajstić information content (AvgIpc) is 2.82. The molecule has 0 amide bonds. The van der Waals surface area contributed by atoms with Gasteiger partial charge in [0, 0.05) is 0 Å². The van der Waals surface area contributed by atoms with Crippen molar-refractivity contribution in [3.05, 3.63) is 133 Å². The first-order valence-electron chi connectivity index (χ1n) is 9.94. The molecular formula is C28H22BrP. The zero-order valence-corrected chi connectivity index (χ0v) is 19.0. The first kappa shape index (κ1) is 20.5. The monoisotopic (exact) mass is 468 g/mol. The predicted octanol–water partition coefficient (Wildman–Crippen LogP) is 2.46. The van der Waals surface area contributed by atoms with Crippen LogP contribution in [0.2, 0.25) is 0 Å². The van der Waals surface area contributed by atoms with Crippen molar-refractivity contribution in [2.75, 3.05) is 0 Å². The molecule has 0 saturated carbocycles. The second kappa shape index (κ2) is 8.96. The number of fused-ring (bicyclic) bond motifs is 1. The summed E-state index contributed by atoms with van der Waals surface area (Å²) in [5.74, 6) is 0. The van der Waals surface area contributed by atoms with E-state index in [9.17, 15) is 0 Å². The fourth-order valence-electron chi connectivity index (χ4n) is 4.23. The van der Waals surface area contributed by atoms with Crippen LogP contribution >= 0.6 is 7.26 Å². The van der Waals surface area contributed by atoms with Gasteiger partial charge in [0.1, 0.15) is 28.5 Å². The minimum absolute atomic E-state index is 0. The van der Waals surface area contributed by atoms with Crippen LogP contribution in [0.25, 0.3) is 10.8 Å². The van der Waals surface area contributed by atoms with Crippen LogP contribution in [0.5, 0.6) is 0 Å². The van der Waals surface area contributed by atoms with E-state index in [0.29, 0.717) is 0 Å². The van der Waals surface area contributed by atoms with Gasteiger partial charge in [-0.2, -0.15) is 0 Å². The number of rotatable bonds is 4. The molecule has 2 heteroatoms. The van der Waals surface area contributed by atoms with Crippen molar-refractivity contribution < 1.29 is 17.0 Å². The lowest BCUT2D eigenvalue weighted by atomic mass is 10.1. The van der Waals surface area contributed by atoms with Crippen LogP contribution in [-0.4, -0.2) is 0 Å². The summed E-state index contributed by atoms with van der Waals surface area (Å²) >= 11 is 0. The molecule has 0 fully saturated rings. The van der Waals surface area contributed by atoms with Crippen LogP contribution in [0, 0.1) is 0 Å². The normalized spacial score (nSPS) is 11.1. The minimum Gasteiger partial charge on any atom is -1.00 e. The van der Waals surface area contributed by atoms with E-state index < -0.39 is 7.26 Å². The van der Waals surface area contributed by atoms with E-state index in [2.05, 4.69) is 133 Å². The maximum atomic E-state index is 2.40.